The second-order valence-corrected chi connectivity index (χ2v) is 6.46. The normalized spacial score (nSPS) is 16.8. The highest BCUT2D eigenvalue weighted by molar-refractivity contribution is 7.09. The van der Waals surface area contributed by atoms with Crippen LogP contribution in [-0.2, 0) is 13.0 Å². The summed E-state index contributed by atoms with van der Waals surface area (Å²) in [4.78, 5) is 4.53. The highest BCUT2D eigenvalue weighted by atomic mass is 32.1. The van der Waals surface area contributed by atoms with Gasteiger partial charge in [0.1, 0.15) is 16.4 Å². The van der Waals surface area contributed by atoms with E-state index in [1.54, 1.807) is 11.3 Å². The van der Waals surface area contributed by atoms with E-state index >= 15 is 0 Å². The van der Waals surface area contributed by atoms with E-state index in [1.165, 1.54) is 5.56 Å². The lowest BCUT2D eigenvalue weighted by atomic mass is 9.93. The zero-order chi connectivity index (χ0) is 13.5. The first-order chi connectivity index (χ1) is 9.07. The van der Waals surface area contributed by atoms with Crippen LogP contribution in [0.2, 0.25) is 0 Å². The van der Waals surface area contributed by atoms with E-state index in [-0.39, 0.29) is 5.60 Å². The smallest absolute Gasteiger partial charge is 0.123 e. The van der Waals surface area contributed by atoms with Crippen molar-refractivity contribution in [3.05, 3.63) is 34.2 Å². The van der Waals surface area contributed by atoms with Crippen LogP contribution in [0.25, 0.3) is 11.3 Å². The van der Waals surface area contributed by atoms with E-state index in [2.05, 4.69) is 42.4 Å². The molecule has 0 fully saturated rings. The summed E-state index contributed by atoms with van der Waals surface area (Å²) in [5, 5.41) is 3.04. The third-order valence-electron chi connectivity index (χ3n) is 3.47. The van der Waals surface area contributed by atoms with Gasteiger partial charge < -0.3 is 10.5 Å². The summed E-state index contributed by atoms with van der Waals surface area (Å²) in [7, 11) is 0. The lowest BCUT2D eigenvalue weighted by Gasteiger charge is -2.32. The first-order valence-corrected chi connectivity index (χ1v) is 7.42. The molecule has 2 heterocycles. The molecule has 0 aliphatic carbocycles. The van der Waals surface area contributed by atoms with Crippen LogP contribution in [0.1, 0.15) is 30.8 Å². The van der Waals surface area contributed by atoms with Gasteiger partial charge >= 0.3 is 0 Å². The first kappa shape index (κ1) is 12.6. The molecule has 4 heteroatoms. The summed E-state index contributed by atoms with van der Waals surface area (Å²) < 4.78 is 6.00. The van der Waals surface area contributed by atoms with Gasteiger partial charge in [0.25, 0.3) is 0 Å². The number of rotatable bonds is 2. The molecule has 2 N–H and O–H groups in total. The van der Waals surface area contributed by atoms with Crippen molar-refractivity contribution < 1.29 is 4.74 Å². The van der Waals surface area contributed by atoms with E-state index in [0.29, 0.717) is 6.54 Å². The second kappa shape index (κ2) is 4.62. The van der Waals surface area contributed by atoms with Gasteiger partial charge in [-0.15, -0.1) is 11.3 Å². The molecule has 0 radical (unpaired) electrons. The maximum absolute atomic E-state index is 6.00. The summed E-state index contributed by atoms with van der Waals surface area (Å²) in [5.41, 5.74) is 9.00. The van der Waals surface area contributed by atoms with Crippen LogP contribution in [0.5, 0.6) is 5.75 Å². The lowest BCUT2D eigenvalue weighted by molar-refractivity contribution is 0.0847. The Kier molecular flexibility index (Phi) is 3.07. The Morgan fingerprint density at radius 3 is 3.00 bits per heavy atom. The standard InChI is InChI=1S/C15H18N2OS/c1-15(2)6-5-11-7-10(3-4-13(11)18-15)12-9-19-14(8-16)17-12/h3-4,7,9H,5-6,8,16H2,1-2H3. The zero-order valence-corrected chi connectivity index (χ0v) is 12.1. The molecule has 3 rings (SSSR count). The van der Waals surface area contributed by atoms with Crippen molar-refractivity contribution in [2.24, 2.45) is 5.73 Å². The van der Waals surface area contributed by atoms with E-state index < -0.39 is 0 Å². The number of nitrogens with two attached hydrogens (primary N) is 1. The molecule has 0 saturated heterocycles. The number of hydrogen-bond donors (Lipinski definition) is 1. The number of aryl methyl sites for hydroxylation is 1. The molecule has 0 unspecified atom stereocenters. The highest BCUT2D eigenvalue weighted by Gasteiger charge is 2.26. The van der Waals surface area contributed by atoms with Gasteiger partial charge in [0.2, 0.25) is 0 Å². The van der Waals surface area contributed by atoms with Gasteiger partial charge in [-0.2, -0.15) is 0 Å². The number of ether oxygens (including phenoxy) is 1. The van der Waals surface area contributed by atoms with Crippen molar-refractivity contribution in [1.82, 2.24) is 4.98 Å². The molecule has 1 aliphatic heterocycles. The molecule has 0 spiro atoms. The molecule has 1 aromatic heterocycles. The molecule has 0 amide bonds. The lowest BCUT2D eigenvalue weighted by Crippen LogP contribution is -2.32. The maximum Gasteiger partial charge on any atom is 0.123 e. The summed E-state index contributed by atoms with van der Waals surface area (Å²) >= 11 is 1.61. The van der Waals surface area contributed by atoms with Crippen molar-refractivity contribution in [3.63, 3.8) is 0 Å². The third-order valence-corrected chi connectivity index (χ3v) is 4.34. The Bertz CT molecular complexity index is 604. The van der Waals surface area contributed by atoms with Gasteiger partial charge in [0.05, 0.1) is 5.69 Å². The van der Waals surface area contributed by atoms with Crippen LogP contribution in [-0.4, -0.2) is 10.6 Å². The van der Waals surface area contributed by atoms with E-state index in [0.717, 1.165) is 34.9 Å². The van der Waals surface area contributed by atoms with Crippen molar-refractivity contribution in [3.8, 4) is 17.0 Å². The quantitative estimate of drug-likeness (QED) is 0.913. The molecule has 100 valence electrons. The van der Waals surface area contributed by atoms with Gasteiger partial charge in [-0.05, 0) is 50.5 Å². The molecule has 0 bridgehead atoms. The summed E-state index contributed by atoms with van der Waals surface area (Å²) in [6.07, 6.45) is 2.11. The van der Waals surface area contributed by atoms with E-state index in [9.17, 15) is 0 Å². The molecule has 3 nitrogen and oxygen atoms in total. The second-order valence-electron chi connectivity index (χ2n) is 5.51. The average molecular weight is 274 g/mol. The Labute approximate surface area is 117 Å². The van der Waals surface area contributed by atoms with E-state index in [4.69, 9.17) is 10.5 Å². The van der Waals surface area contributed by atoms with Gasteiger partial charge in [0, 0.05) is 17.5 Å². The minimum atomic E-state index is -0.0537. The van der Waals surface area contributed by atoms with Crippen LogP contribution < -0.4 is 10.5 Å². The topological polar surface area (TPSA) is 48.1 Å². The fraction of sp³-hybridized carbons (Fsp3) is 0.400. The number of thiazole rings is 1. The predicted molar refractivity (Wildman–Crippen MR) is 78.5 cm³/mol. The predicted octanol–water partition coefficient (Wildman–Crippen LogP) is 3.37. The molecule has 2 aromatic rings. The molecular formula is C15H18N2OS. The van der Waals surface area contributed by atoms with Crippen LogP contribution in [0.3, 0.4) is 0 Å². The van der Waals surface area contributed by atoms with Crippen molar-refractivity contribution in [2.75, 3.05) is 0 Å². The largest absolute Gasteiger partial charge is 0.488 e. The first-order valence-electron chi connectivity index (χ1n) is 6.54. The molecule has 1 aromatic carbocycles. The average Bonchev–Trinajstić information content (AvgIpc) is 2.86. The summed E-state index contributed by atoms with van der Waals surface area (Å²) in [6, 6.07) is 6.34. The highest BCUT2D eigenvalue weighted by Crippen LogP contribution is 2.35. The molecule has 19 heavy (non-hydrogen) atoms. The Balaban J connectivity index is 1.94. The molecule has 1 aliphatic rings. The van der Waals surface area contributed by atoms with E-state index in [1.807, 2.05) is 0 Å². The number of nitrogens with zero attached hydrogens (tertiary/aromatic N) is 1. The molecular weight excluding hydrogens is 256 g/mol. The Morgan fingerprint density at radius 2 is 2.26 bits per heavy atom. The Morgan fingerprint density at radius 1 is 1.42 bits per heavy atom. The van der Waals surface area contributed by atoms with Crippen molar-refractivity contribution in [1.29, 1.82) is 0 Å². The van der Waals surface area contributed by atoms with Crippen LogP contribution in [0, 0.1) is 0 Å². The van der Waals surface area contributed by atoms with Crippen LogP contribution in [0.15, 0.2) is 23.6 Å². The zero-order valence-electron chi connectivity index (χ0n) is 11.3. The van der Waals surface area contributed by atoms with Gasteiger partial charge in [0.15, 0.2) is 0 Å². The van der Waals surface area contributed by atoms with Crippen LogP contribution in [0.4, 0.5) is 0 Å². The number of aromatic nitrogens is 1. The number of hydrogen-bond acceptors (Lipinski definition) is 4. The number of benzene rings is 1. The van der Waals surface area contributed by atoms with Crippen molar-refractivity contribution >= 4 is 11.3 Å². The minimum absolute atomic E-state index is 0.0537. The third kappa shape index (κ3) is 2.51. The van der Waals surface area contributed by atoms with Crippen LogP contribution >= 0.6 is 11.3 Å². The molecule has 0 atom stereocenters. The number of fused-ring (bicyclic) bond motifs is 1. The summed E-state index contributed by atoms with van der Waals surface area (Å²) in [5.74, 6) is 1.01. The van der Waals surface area contributed by atoms with Gasteiger partial charge in [-0.3, -0.25) is 0 Å². The summed E-state index contributed by atoms with van der Waals surface area (Å²) in [6.45, 7) is 4.78. The van der Waals surface area contributed by atoms with Gasteiger partial charge in [-0.25, -0.2) is 4.98 Å². The minimum Gasteiger partial charge on any atom is -0.488 e. The Hall–Kier alpha value is -1.39. The SMILES string of the molecule is CC1(C)CCc2cc(-c3csc(CN)n3)ccc2O1. The van der Waals surface area contributed by atoms with Gasteiger partial charge in [-0.1, -0.05) is 0 Å². The van der Waals surface area contributed by atoms with Crippen molar-refractivity contribution in [2.45, 2.75) is 38.8 Å². The molecule has 0 saturated carbocycles. The maximum atomic E-state index is 6.00. The monoisotopic (exact) mass is 274 g/mol. The fourth-order valence-corrected chi connectivity index (χ4v) is 3.04. The fourth-order valence-electron chi connectivity index (χ4n) is 2.36.